The summed E-state index contributed by atoms with van der Waals surface area (Å²) in [5.41, 5.74) is 0. The van der Waals surface area contributed by atoms with Crippen LogP contribution in [0.4, 0.5) is 0 Å². The molecular formula is H4Al2Ba2K2Na2O29Si9Sr2. The minimum absolute atomic E-state index is 0. The van der Waals surface area contributed by atoms with Gasteiger partial charge < -0.3 is 137 Å². The summed E-state index contributed by atoms with van der Waals surface area (Å²) in [7, 11) is -32.7. The molecule has 0 saturated heterocycles. The van der Waals surface area contributed by atoms with Crippen LogP contribution < -0.4 is 248 Å². The van der Waals surface area contributed by atoms with E-state index in [0.29, 0.717) is 0 Å². The normalized spacial score (nSPS) is 4.50. The molecule has 0 spiro atoms. The summed E-state index contributed by atoms with van der Waals surface area (Å²) >= 11 is 0. The largest absolute Gasteiger partial charge is 3.00 e. The summed E-state index contributed by atoms with van der Waals surface area (Å²) in [6.07, 6.45) is 0. The molecule has 0 unspecified atom stereocenters. The molecule has 0 bridgehead atoms. The van der Waals surface area contributed by atoms with Gasteiger partial charge in [0.25, 0.3) is 0 Å². The first kappa shape index (κ1) is 138. The Kier molecular flexibility index (Phi) is 376. The van der Waals surface area contributed by atoms with Gasteiger partial charge in [-0.25, -0.2) is 0 Å². The molecule has 0 aliphatic rings. The van der Waals surface area contributed by atoms with Crippen LogP contribution >= 0.6 is 0 Å². The van der Waals surface area contributed by atoms with Crippen molar-refractivity contribution >= 4 is 306 Å². The first-order valence-electron chi connectivity index (χ1n) is 5.51. The summed E-state index contributed by atoms with van der Waals surface area (Å²) in [6.45, 7) is 0. The quantitative estimate of drug-likeness (QED) is 0.203. The maximum absolute atomic E-state index is 8.52. The zero-order valence-electron chi connectivity index (χ0n) is 24.5. The molecule has 0 aromatic rings. The van der Waals surface area contributed by atoms with E-state index in [9.17, 15) is 0 Å². The van der Waals surface area contributed by atoms with E-state index in [2.05, 4.69) is 0 Å². The van der Waals surface area contributed by atoms with Crippen LogP contribution in [-0.2, 0) is 40.2 Å². The van der Waals surface area contributed by atoms with Gasteiger partial charge in [-0.15, -0.1) is 0 Å². The molecule has 0 amide bonds. The van der Waals surface area contributed by atoms with Gasteiger partial charge in [0, 0.05) is 82.5 Å². The average molecular weight is 1350 g/mol. The van der Waals surface area contributed by atoms with E-state index in [1.165, 1.54) is 0 Å². The van der Waals surface area contributed by atoms with Crippen LogP contribution in [0.5, 0.6) is 0 Å². The second-order valence-corrected chi connectivity index (χ2v) is 6.75. The molecule has 48 heteroatoms. The molecule has 0 aliphatic heterocycles. The first-order valence-corrected chi connectivity index (χ1v) is 16.5. The molecule has 4 N–H and O–H groups in total. The third-order valence-corrected chi connectivity index (χ3v) is 0. The maximum atomic E-state index is 8.52. The second kappa shape index (κ2) is 131. The summed E-state index contributed by atoms with van der Waals surface area (Å²) < 4.78 is 76.7. The fraction of sp³-hybridized carbons (Fsp3) is 0. The molecule has 0 rings (SSSR count). The Morgan fingerprint density at radius 3 is 0.250 bits per heavy atom. The van der Waals surface area contributed by atoms with Gasteiger partial charge in [0.05, 0.1) is 0 Å². The van der Waals surface area contributed by atoms with Gasteiger partial charge in [0.15, 0.2) is 0 Å². The van der Waals surface area contributed by atoms with Crippen LogP contribution in [0.25, 0.3) is 0 Å². The van der Waals surface area contributed by atoms with E-state index in [1.807, 2.05) is 0 Å². The van der Waals surface area contributed by atoms with Gasteiger partial charge in [0.2, 0.25) is 0 Å². The van der Waals surface area contributed by atoms with Crippen LogP contribution in [0.2, 0.25) is 0 Å². The Bertz CT molecular complexity index is 467. The fourth-order valence-corrected chi connectivity index (χ4v) is 0. The third-order valence-electron chi connectivity index (χ3n) is 0. The van der Waals surface area contributed by atoms with Crippen molar-refractivity contribution in [2.24, 2.45) is 0 Å². The molecular weight excluding hydrogens is 1340 g/mol. The van der Waals surface area contributed by atoms with Crippen LogP contribution in [0.1, 0.15) is 0 Å². The van der Waals surface area contributed by atoms with E-state index in [1.54, 1.807) is 0 Å². The van der Waals surface area contributed by atoms with Crippen molar-refractivity contribution in [1.29, 1.82) is 0 Å². The molecule has 0 fully saturated rings. The monoisotopic (exact) mass is 1350 g/mol. The minimum atomic E-state index is -3.63. The molecule has 48 heavy (non-hydrogen) atoms. The molecule has 0 aromatic heterocycles. The second-order valence-electron chi connectivity index (χ2n) is 2.25. The predicted octanol–water partition coefficient (Wildman–Crippen LogP) is -41.8. The van der Waals surface area contributed by atoms with E-state index in [-0.39, 0.29) is 396 Å². The van der Waals surface area contributed by atoms with Crippen molar-refractivity contribution in [2.75, 3.05) is 0 Å². The standard InChI is InChI=1S/2Al.2Ba.2K.2Na.9O3Si.2H2O.2Sr/c;;;;;;;;9*1-4(2)3;;;;/h;;;;;;;;;;;;;;;;;2*1H2;;/q2*+3;2*+2;4*+1;9*-2;;;2*+2. The summed E-state index contributed by atoms with van der Waals surface area (Å²) in [4.78, 5) is 153. The van der Waals surface area contributed by atoms with Crippen LogP contribution in [0.3, 0.4) is 0 Å². The topological polar surface area (TPSA) is 632 Å². The molecule has 0 heterocycles. The zero-order chi connectivity index (χ0) is 32.2. The van der Waals surface area contributed by atoms with Crippen molar-refractivity contribution in [3.63, 3.8) is 0 Å². The fourth-order valence-electron chi connectivity index (χ4n) is 0. The van der Waals surface area contributed by atoms with Crippen LogP contribution in [-0.4, -0.2) is 317 Å². The minimum Gasteiger partial charge on any atom is -0.672 e. The first-order chi connectivity index (χ1) is 15.6. The Balaban J connectivity index is -0.00000000872. The van der Waals surface area contributed by atoms with Crippen molar-refractivity contribution in [3.05, 3.63) is 0 Å². The Morgan fingerprint density at radius 2 is 0.250 bits per heavy atom. The molecule has 0 aliphatic carbocycles. The molecule has 232 valence electrons. The molecule has 0 aromatic carbocycles. The van der Waals surface area contributed by atoms with Gasteiger partial charge >= 0.3 is 385 Å². The Morgan fingerprint density at radius 1 is 0.250 bits per heavy atom. The smallest absolute Gasteiger partial charge is 0.672 e. The Labute approximate surface area is 588 Å². The zero-order valence-corrected chi connectivity index (χ0v) is 61.9. The Hall–Kier alpha value is 8.91. The van der Waals surface area contributed by atoms with Gasteiger partial charge in [-0.1, -0.05) is 0 Å². The molecule has 0 saturated carbocycles. The van der Waals surface area contributed by atoms with Gasteiger partial charge in [-0.3, -0.25) is 0 Å². The summed E-state index contributed by atoms with van der Waals surface area (Å²) in [5, 5.41) is 0. The number of hydrogen-bond acceptors (Lipinski definition) is 27. The van der Waals surface area contributed by atoms with Crippen molar-refractivity contribution in [3.8, 4) is 0 Å². The van der Waals surface area contributed by atoms with E-state index in [0.717, 1.165) is 0 Å². The van der Waals surface area contributed by atoms with Crippen molar-refractivity contribution in [1.82, 2.24) is 0 Å². The summed E-state index contributed by atoms with van der Waals surface area (Å²) in [6, 6.07) is 0. The average Bonchev–Trinajstić information content (AvgIpc) is 2.39. The van der Waals surface area contributed by atoms with Gasteiger partial charge in [-0.05, 0) is 0 Å². The number of hydrogen-bond donors (Lipinski definition) is 0. The van der Waals surface area contributed by atoms with E-state index >= 15 is 0 Å². The van der Waals surface area contributed by atoms with Gasteiger partial charge in [-0.2, -0.15) is 0 Å². The predicted molar refractivity (Wildman–Crippen MR) is 99.7 cm³/mol. The van der Waals surface area contributed by atoms with E-state index < -0.39 is 82.5 Å². The summed E-state index contributed by atoms with van der Waals surface area (Å²) in [5.74, 6) is 0. The molecule has 0 radical (unpaired) electrons. The maximum Gasteiger partial charge on any atom is 3.00 e. The van der Waals surface area contributed by atoms with Gasteiger partial charge in [0.1, 0.15) is 0 Å². The van der Waals surface area contributed by atoms with Crippen molar-refractivity contribution in [2.45, 2.75) is 0 Å². The molecule has 0 atom stereocenters. The van der Waals surface area contributed by atoms with E-state index in [4.69, 9.17) is 126 Å². The molecule has 29 nitrogen and oxygen atoms in total. The van der Waals surface area contributed by atoms with Crippen molar-refractivity contribution < 1.29 is 299 Å². The number of rotatable bonds is 0. The van der Waals surface area contributed by atoms with Crippen LogP contribution in [0.15, 0.2) is 0 Å². The SMILES string of the molecule is O.O.O=[Si]([O-])[O-].O=[Si]([O-])[O-].O=[Si]([O-])[O-].O=[Si]([O-])[O-].O=[Si]([O-])[O-].O=[Si]([O-])[O-].O=[Si]([O-])[O-].O=[Si]([O-])[O-].O=[Si]([O-])[O-].[Al+3].[Al+3].[Ba+2].[Ba+2].[K+].[K+].[Na+].[Na+].[Sr+2].[Sr+2]. The van der Waals surface area contributed by atoms with Crippen LogP contribution in [0, 0.1) is 0 Å². The third kappa shape index (κ3) is 2010.